The monoisotopic (exact) mass is 260 g/mol. The lowest BCUT2D eigenvalue weighted by Crippen LogP contribution is -2.50. The maximum Gasteiger partial charge on any atom is 0.0307 e. The van der Waals surface area contributed by atoms with Crippen LogP contribution >= 0.6 is 0 Å². The molecule has 1 saturated carbocycles. The third kappa shape index (κ3) is 4.05. The van der Waals surface area contributed by atoms with E-state index < -0.39 is 0 Å². The summed E-state index contributed by atoms with van der Waals surface area (Å²) in [6.45, 7) is 6.45. The van der Waals surface area contributed by atoms with Crippen molar-refractivity contribution in [1.29, 1.82) is 0 Å². The zero-order valence-electron chi connectivity index (χ0n) is 12.4. The topological polar surface area (TPSA) is 38.0 Å². The third-order valence-corrected chi connectivity index (χ3v) is 4.69. The van der Waals surface area contributed by atoms with Crippen molar-refractivity contribution in [2.45, 2.75) is 58.0 Å². The van der Waals surface area contributed by atoms with Crippen LogP contribution in [0.25, 0.3) is 0 Å². The zero-order valence-corrected chi connectivity index (χ0v) is 12.4. The molecule has 1 atom stereocenters. The molecule has 0 heterocycles. The van der Waals surface area contributed by atoms with Gasteiger partial charge in [-0.3, -0.25) is 0 Å². The van der Waals surface area contributed by atoms with Crippen LogP contribution in [0.4, 0.5) is 0 Å². The van der Waals surface area contributed by atoms with Crippen molar-refractivity contribution in [1.82, 2.24) is 5.32 Å². The van der Waals surface area contributed by atoms with Crippen molar-refractivity contribution in [2.75, 3.05) is 6.54 Å². The van der Waals surface area contributed by atoms with E-state index in [1.807, 2.05) is 0 Å². The molecule has 0 bridgehead atoms. The van der Waals surface area contributed by atoms with Gasteiger partial charge in [0, 0.05) is 18.6 Å². The largest absolute Gasteiger partial charge is 0.329 e. The van der Waals surface area contributed by atoms with Crippen LogP contribution in [0.2, 0.25) is 0 Å². The van der Waals surface area contributed by atoms with Crippen LogP contribution < -0.4 is 11.1 Å². The Balaban J connectivity index is 1.98. The van der Waals surface area contributed by atoms with Gasteiger partial charge in [0.25, 0.3) is 0 Å². The first-order valence-electron chi connectivity index (χ1n) is 7.54. The summed E-state index contributed by atoms with van der Waals surface area (Å²) in [5.74, 6) is 0. The third-order valence-electron chi connectivity index (χ3n) is 4.69. The molecule has 0 aromatic heterocycles. The smallest absolute Gasteiger partial charge is 0.0307 e. The molecule has 0 spiro atoms. The number of hydrogen-bond donors (Lipinski definition) is 2. The molecule has 1 aromatic rings. The van der Waals surface area contributed by atoms with Crippen molar-refractivity contribution < 1.29 is 0 Å². The van der Waals surface area contributed by atoms with Gasteiger partial charge < -0.3 is 11.1 Å². The summed E-state index contributed by atoms with van der Waals surface area (Å²) < 4.78 is 0. The Morgan fingerprint density at radius 2 is 1.79 bits per heavy atom. The minimum absolute atomic E-state index is 0.142. The molecular formula is C17H28N2. The second kappa shape index (κ2) is 6.06. The molecule has 106 valence electrons. The number of hydrogen-bond acceptors (Lipinski definition) is 2. The zero-order chi connectivity index (χ0) is 13.8. The number of nitrogens with two attached hydrogens (primary N) is 1. The predicted molar refractivity (Wildman–Crippen MR) is 81.9 cm³/mol. The van der Waals surface area contributed by atoms with Gasteiger partial charge in [-0.25, -0.2) is 0 Å². The molecule has 0 amide bonds. The Morgan fingerprint density at radius 3 is 2.47 bits per heavy atom. The van der Waals surface area contributed by atoms with E-state index in [4.69, 9.17) is 5.73 Å². The Labute approximate surface area is 117 Å². The minimum Gasteiger partial charge on any atom is -0.329 e. The summed E-state index contributed by atoms with van der Waals surface area (Å²) in [6.07, 6.45) is 6.28. The molecule has 0 aliphatic heterocycles. The van der Waals surface area contributed by atoms with Crippen LogP contribution in [0, 0.1) is 5.41 Å². The molecule has 2 nitrogen and oxygen atoms in total. The first-order valence-corrected chi connectivity index (χ1v) is 7.54. The van der Waals surface area contributed by atoms with Crippen LogP contribution in [0.1, 0.15) is 51.5 Å². The molecule has 1 aliphatic rings. The maximum absolute atomic E-state index is 6.10. The van der Waals surface area contributed by atoms with Gasteiger partial charge in [0.05, 0.1) is 0 Å². The van der Waals surface area contributed by atoms with Gasteiger partial charge in [-0.2, -0.15) is 0 Å². The van der Waals surface area contributed by atoms with E-state index >= 15 is 0 Å². The van der Waals surface area contributed by atoms with E-state index in [-0.39, 0.29) is 5.54 Å². The molecular weight excluding hydrogens is 232 g/mol. The quantitative estimate of drug-likeness (QED) is 0.814. The van der Waals surface area contributed by atoms with Crippen molar-refractivity contribution >= 4 is 0 Å². The summed E-state index contributed by atoms with van der Waals surface area (Å²) in [6, 6.07) is 10.6. The summed E-state index contributed by atoms with van der Waals surface area (Å²) >= 11 is 0. The Kier molecular flexibility index (Phi) is 4.64. The van der Waals surface area contributed by atoms with E-state index in [0.717, 1.165) is 13.1 Å². The van der Waals surface area contributed by atoms with Gasteiger partial charge in [-0.05, 0) is 36.7 Å². The molecule has 1 fully saturated rings. The summed E-state index contributed by atoms with van der Waals surface area (Å²) in [5.41, 5.74) is 8.06. The van der Waals surface area contributed by atoms with Gasteiger partial charge in [-0.1, -0.05) is 50.6 Å². The number of benzene rings is 1. The lowest BCUT2D eigenvalue weighted by atomic mass is 9.83. The predicted octanol–water partition coefficient (Wildman–Crippen LogP) is 3.46. The lowest BCUT2D eigenvalue weighted by molar-refractivity contribution is 0.265. The number of nitrogens with one attached hydrogen (secondary N) is 1. The van der Waals surface area contributed by atoms with E-state index in [0.29, 0.717) is 5.41 Å². The van der Waals surface area contributed by atoms with Gasteiger partial charge in [0.1, 0.15) is 0 Å². The van der Waals surface area contributed by atoms with Crippen LogP contribution in [-0.2, 0) is 6.54 Å². The van der Waals surface area contributed by atoms with Crippen LogP contribution in [-0.4, -0.2) is 12.1 Å². The van der Waals surface area contributed by atoms with Crippen LogP contribution in [0.3, 0.4) is 0 Å². The van der Waals surface area contributed by atoms with E-state index in [1.54, 1.807) is 0 Å². The molecule has 3 N–H and O–H groups in total. The fraction of sp³-hybridized carbons (Fsp3) is 0.647. The molecule has 0 saturated heterocycles. The van der Waals surface area contributed by atoms with E-state index in [1.165, 1.54) is 37.7 Å². The molecule has 1 unspecified atom stereocenters. The average molecular weight is 260 g/mol. The Hall–Kier alpha value is -0.860. The first-order chi connectivity index (χ1) is 9.05. The van der Waals surface area contributed by atoms with Crippen molar-refractivity contribution in [3.63, 3.8) is 0 Å². The van der Waals surface area contributed by atoms with Crippen LogP contribution in [0.15, 0.2) is 30.3 Å². The molecule has 2 rings (SSSR count). The SMILES string of the molecule is CC1(C)CCCC(CN)(NCc2ccccc2)CC1. The normalized spacial score (nSPS) is 26.9. The molecule has 1 aliphatic carbocycles. The van der Waals surface area contributed by atoms with Crippen molar-refractivity contribution in [3.05, 3.63) is 35.9 Å². The summed E-state index contributed by atoms with van der Waals surface area (Å²) in [7, 11) is 0. The maximum atomic E-state index is 6.10. The number of rotatable bonds is 4. The highest BCUT2D eigenvalue weighted by molar-refractivity contribution is 5.15. The summed E-state index contributed by atoms with van der Waals surface area (Å²) in [5, 5.41) is 3.75. The summed E-state index contributed by atoms with van der Waals surface area (Å²) in [4.78, 5) is 0. The standard InChI is InChI=1S/C17H28N2/c1-16(2)9-6-10-17(14-18,12-11-16)19-13-15-7-4-3-5-8-15/h3-5,7-8,19H,6,9-14,18H2,1-2H3. The second-order valence-corrected chi connectivity index (χ2v) is 6.84. The molecule has 0 radical (unpaired) electrons. The highest BCUT2D eigenvalue weighted by Crippen LogP contribution is 2.37. The fourth-order valence-corrected chi connectivity index (χ4v) is 3.07. The Morgan fingerprint density at radius 1 is 1.05 bits per heavy atom. The van der Waals surface area contributed by atoms with E-state index in [9.17, 15) is 0 Å². The lowest BCUT2D eigenvalue weighted by Gasteiger charge is -2.33. The highest BCUT2D eigenvalue weighted by atomic mass is 15.0. The molecule has 19 heavy (non-hydrogen) atoms. The Bertz CT molecular complexity index is 386. The molecule has 1 aromatic carbocycles. The van der Waals surface area contributed by atoms with Crippen LogP contribution in [0.5, 0.6) is 0 Å². The fourth-order valence-electron chi connectivity index (χ4n) is 3.07. The van der Waals surface area contributed by atoms with Gasteiger partial charge in [0.15, 0.2) is 0 Å². The van der Waals surface area contributed by atoms with Crippen molar-refractivity contribution in [3.8, 4) is 0 Å². The highest BCUT2D eigenvalue weighted by Gasteiger charge is 2.34. The van der Waals surface area contributed by atoms with E-state index in [2.05, 4.69) is 49.5 Å². The van der Waals surface area contributed by atoms with Crippen molar-refractivity contribution in [2.24, 2.45) is 11.1 Å². The van der Waals surface area contributed by atoms with Gasteiger partial charge in [0.2, 0.25) is 0 Å². The van der Waals surface area contributed by atoms with Gasteiger partial charge >= 0.3 is 0 Å². The second-order valence-electron chi connectivity index (χ2n) is 6.84. The average Bonchev–Trinajstić information content (AvgIpc) is 2.57. The first kappa shape index (κ1) is 14.5. The molecule has 2 heteroatoms. The minimum atomic E-state index is 0.142. The van der Waals surface area contributed by atoms with Gasteiger partial charge in [-0.15, -0.1) is 0 Å².